The molecule has 6 heteroatoms. The monoisotopic (exact) mass is 306 g/mol. The van der Waals surface area contributed by atoms with E-state index in [1.165, 1.54) is 19.2 Å². The van der Waals surface area contributed by atoms with Crippen LogP contribution in [0.1, 0.15) is 11.1 Å². The Labute approximate surface area is 124 Å². The summed E-state index contributed by atoms with van der Waals surface area (Å²) in [6.07, 6.45) is 0. The Bertz CT molecular complexity index is 697. The molecule has 112 valence electrons. The van der Waals surface area contributed by atoms with Gasteiger partial charge in [0.15, 0.2) is 0 Å². The lowest BCUT2D eigenvalue weighted by Crippen LogP contribution is -2.24. The highest BCUT2D eigenvalue weighted by Gasteiger charge is 2.14. The Kier molecular flexibility index (Phi) is 4.95. The van der Waals surface area contributed by atoms with Gasteiger partial charge in [-0.3, -0.25) is 0 Å². The minimum absolute atomic E-state index is 0.202. The molecule has 2 aromatic rings. The number of nitrogens with two attached hydrogens (primary N) is 1. The second-order valence-electron chi connectivity index (χ2n) is 4.47. The molecule has 0 atom stereocenters. The Morgan fingerprint density at radius 2 is 1.67 bits per heavy atom. The lowest BCUT2D eigenvalue weighted by atomic mass is 10.1. The molecule has 0 amide bonds. The van der Waals surface area contributed by atoms with Gasteiger partial charge in [-0.25, -0.2) is 13.1 Å². The van der Waals surface area contributed by atoms with Gasteiger partial charge in [0.25, 0.3) is 0 Å². The van der Waals surface area contributed by atoms with Gasteiger partial charge < -0.3 is 10.5 Å². The zero-order valence-electron chi connectivity index (χ0n) is 11.7. The zero-order chi connectivity index (χ0) is 15.3. The van der Waals surface area contributed by atoms with Gasteiger partial charge in [-0.1, -0.05) is 24.3 Å². The first kappa shape index (κ1) is 15.5. The average Bonchev–Trinajstić information content (AvgIpc) is 2.53. The Morgan fingerprint density at radius 3 is 2.24 bits per heavy atom. The van der Waals surface area contributed by atoms with Crippen LogP contribution in [0.3, 0.4) is 0 Å². The van der Waals surface area contributed by atoms with Crippen LogP contribution in [0, 0.1) is 0 Å². The van der Waals surface area contributed by atoms with Crippen molar-refractivity contribution in [3.05, 3.63) is 59.7 Å². The number of methoxy groups -OCH3 is 1. The van der Waals surface area contributed by atoms with Crippen LogP contribution in [0.5, 0.6) is 5.75 Å². The van der Waals surface area contributed by atoms with E-state index in [1.807, 2.05) is 24.3 Å². The first-order valence-electron chi connectivity index (χ1n) is 6.47. The topological polar surface area (TPSA) is 81.4 Å². The van der Waals surface area contributed by atoms with E-state index in [-0.39, 0.29) is 11.4 Å². The lowest BCUT2D eigenvalue weighted by molar-refractivity contribution is 0.414. The maximum Gasteiger partial charge on any atom is 0.240 e. The van der Waals surface area contributed by atoms with Gasteiger partial charge in [-0.15, -0.1) is 0 Å². The summed E-state index contributed by atoms with van der Waals surface area (Å²) in [5.74, 6) is 0.613. The van der Waals surface area contributed by atoms with Gasteiger partial charge in [0, 0.05) is 13.1 Å². The molecule has 0 heterocycles. The van der Waals surface area contributed by atoms with Crippen LogP contribution in [0.4, 0.5) is 0 Å². The molecule has 0 fully saturated rings. The molecule has 0 radical (unpaired) electrons. The summed E-state index contributed by atoms with van der Waals surface area (Å²) in [6, 6.07) is 13.7. The van der Waals surface area contributed by atoms with Gasteiger partial charge in [-0.2, -0.15) is 0 Å². The second kappa shape index (κ2) is 6.71. The van der Waals surface area contributed by atoms with E-state index in [9.17, 15) is 8.42 Å². The van der Waals surface area contributed by atoms with E-state index in [0.717, 1.165) is 11.1 Å². The summed E-state index contributed by atoms with van der Waals surface area (Å²) < 4.78 is 32.0. The van der Waals surface area contributed by atoms with Crippen molar-refractivity contribution in [3.63, 3.8) is 0 Å². The molecule has 0 aliphatic heterocycles. The highest BCUT2D eigenvalue weighted by molar-refractivity contribution is 7.89. The van der Waals surface area contributed by atoms with Crippen LogP contribution in [0.25, 0.3) is 0 Å². The number of ether oxygens (including phenoxy) is 1. The Morgan fingerprint density at radius 1 is 1.05 bits per heavy atom. The first-order valence-corrected chi connectivity index (χ1v) is 7.95. The van der Waals surface area contributed by atoms with E-state index in [1.54, 1.807) is 12.1 Å². The number of rotatable bonds is 6. The molecular weight excluding hydrogens is 288 g/mol. The molecule has 0 aliphatic rings. The fourth-order valence-electron chi connectivity index (χ4n) is 1.94. The fourth-order valence-corrected chi connectivity index (χ4v) is 2.95. The highest BCUT2D eigenvalue weighted by Crippen LogP contribution is 2.16. The van der Waals surface area contributed by atoms with Crippen molar-refractivity contribution in [2.75, 3.05) is 7.11 Å². The number of hydrogen-bond acceptors (Lipinski definition) is 4. The normalized spacial score (nSPS) is 11.3. The van der Waals surface area contributed by atoms with E-state index < -0.39 is 10.0 Å². The van der Waals surface area contributed by atoms with Crippen LogP contribution >= 0.6 is 0 Å². The Hall–Kier alpha value is -1.89. The highest BCUT2D eigenvalue weighted by atomic mass is 32.2. The van der Waals surface area contributed by atoms with Crippen molar-refractivity contribution in [1.82, 2.24) is 4.72 Å². The third-order valence-electron chi connectivity index (χ3n) is 3.16. The molecule has 21 heavy (non-hydrogen) atoms. The second-order valence-corrected chi connectivity index (χ2v) is 6.24. The van der Waals surface area contributed by atoms with Crippen LogP contribution in [-0.2, 0) is 23.1 Å². The summed E-state index contributed by atoms with van der Waals surface area (Å²) >= 11 is 0. The third-order valence-corrected chi connectivity index (χ3v) is 4.58. The number of hydrogen-bond donors (Lipinski definition) is 2. The smallest absolute Gasteiger partial charge is 0.240 e. The minimum atomic E-state index is -3.55. The molecule has 0 saturated heterocycles. The quantitative estimate of drug-likeness (QED) is 0.850. The molecule has 0 spiro atoms. The van der Waals surface area contributed by atoms with Crippen molar-refractivity contribution in [3.8, 4) is 5.75 Å². The molecule has 0 saturated carbocycles. The molecule has 0 bridgehead atoms. The third kappa shape index (κ3) is 3.81. The minimum Gasteiger partial charge on any atom is -0.497 e. The predicted octanol–water partition coefficient (Wildman–Crippen LogP) is 1.63. The van der Waals surface area contributed by atoms with Crippen LogP contribution in [-0.4, -0.2) is 15.5 Å². The summed E-state index contributed by atoms with van der Waals surface area (Å²) in [7, 11) is -2.02. The maximum atomic E-state index is 12.2. The number of benzene rings is 2. The molecule has 0 aromatic heterocycles. The molecule has 2 rings (SSSR count). The zero-order valence-corrected chi connectivity index (χ0v) is 12.6. The van der Waals surface area contributed by atoms with Gasteiger partial charge in [-0.05, 0) is 35.4 Å². The van der Waals surface area contributed by atoms with Crippen molar-refractivity contribution in [2.45, 2.75) is 18.0 Å². The van der Waals surface area contributed by atoms with Crippen molar-refractivity contribution in [2.24, 2.45) is 5.73 Å². The first-order chi connectivity index (χ1) is 10.1. The summed E-state index contributed by atoms with van der Waals surface area (Å²) in [4.78, 5) is 0.202. The fraction of sp³-hybridized carbons (Fsp3) is 0.200. The average molecular weight is 306 g/mol. The predicted molar refractivity (Wildman–Crippen MR) is 81.4 cm³/mol. The van der Waals surface area contributed by atoms with E-state index in [0.29, 0.717) is 12.3 Å². The molecule has 5 nitrogen and oxygen atoms in total. The van der Waals surface area contributed by atoms with Gasteiger partial charge >= 0.3 is 0 Å². The largest absolute Gasteiger partial charge is 0.497 e. The number of nitrogens with one attached hydrogen (secondary N) is 1. The SMILES string of the molecule is COc1ccc(S(=O)(=O)NCc2ccccc2CN)cc1. The maximum absolute atomic E-state index is 12.2. The van der Waals surface area contributed by atoms with Crippen molar-refractivity contribution >= 4 is 10.0 Å². The van der Waals surface area contributed by atoms with Gasteiger partial charge in [0.05, 0.1) is 12.0 Å². The summed E-state index contributed by atoms with van der Waals surface area (Å²) in [5.41, 5.74) is 7.44. The summed E-state index contributed by atoms with van der Waals surface area (Å²) in [5, 5.41) is 0. The molecule has 2 aromatic carbocycles. The molecule has 0 unspecified atom stereocenters. The number of sulfonamides is 1. The van der Waals surface area contributed by atoms with E-state index in [4.69, 9.17) is 10.5 Å². The molecular formula is C15H18N2O3S. The van der Waals surface area contributed by atoms with Crippen LogP contribution in [0.15, 0.2) is 53.4 Å². The standard InChI is InChI=1S/C15H18N2O3S/c1-20-14-6-8-15(9-7-14)21(18,19)17-11-13-5-3-2-4-12(13)10-16/h2-9,17H,10-11,16H2,1H3. The van der Waals surface area contributed by atoms with Crippen molar-refractivity contribution < 1.29 is 13.2 Å². The van der Waals surface area contributed by atoms with Crippen molar-refractivity contribution in [1.29, 1.82) is 0 Å². The molecule has 3 N–H and O–H groups in total. The van der Waals surface area contributed by atoms with Crippen LogP contribution in [0.2, 0.25) is 0 Å². The molecule has 0 aliphatic carbocycles. The van der Waals surface area contributed by atoms with Gasteiger partial charge in [0.1, 0.15) is 5.75 Å². The Balaban J connectivity index is 2.13. The summed E-state index contributed by atoms with van der Waals surface area (Å²) in [6.45, 7) is 0.585. The lowest BCUT2D eigenvalue weighted by Gasteiger charge is -2.10. The van der Waals surface area contributed by atoms with E-state index in [2.05, 4.69) is 4.72 Å². The van der Waals surface area contributed by atoms with Crippen LogP contribution < -0.4 is 15.2 Å². The van der Waals surface area contributed by atoms with Gasteiger partial charge in [0.2, 0.25) is 10.0 Å². The van der Waals surface area contributed by atoms with E-state index >= 15 is 0 Å².